The molecule has 2 unspecified atom stereocenters. The first-order valence-electron chi connectivity index (χ1n) is 7.08. The minimum absolute atomic E-state index is 0.737. The third kappa shape index (κ3) is 2.15. The molecular weight excluding hydrogens is 218 g/mol. The first-order valence-corrected chi connectivity index (χ1v) is 7.08. The van der Waals surface area contributed by atoms with Gasteiger partial charge in [0.05, 0.1) is 0 Å². The van der Waals surface area contributed by atoms with E-state index in [4.69, 9.17) is 0 Å². The molecule has 18 heavy (non-hydrogen) atoms. The number of rotatable bonds is 2. The average Bonchev–Trinajstić information content (AvgIpc) is 2.46. The van der Waals surface area contributed by atoms with E-state index in [1.54, 1.807) is 0 Å². The maximum absolute atomic E-state index is 3.52. The fourth-order valence-corrected chi connectivity index (χ4v) is 3.23. The van der Waals surface area contributed by atoms with Gasteiger partial charge in [-0.05, 0) is 47.7 Å². The van der Waals surface area contributed by atoms with Gasteiger partial charge in [0, 0.05) is 0 Å². The van der Waals surface area contributed by atoms with Crippen molar-refractivity contribution in [2.24, 2.45) is 5.92 Å². The Balaban J connectivity index is 1.97. The van der Waals surface area contributed by atoms with E-state index >= 15 is 0 Å². The standard InChI is InChI=1S/C17H21N/c1-2-13-12-18-10-9-17(13)16-8-7-14-5-3-4-6-15(14)11-16/h3-8,11,13,17-18H,2,9-10,12H2,1H3. The van der Waals surface area contributed by atoms with Crippen LogP contribution in [0, 0.1) is 5.92 Å². The van der Waals surface area contributed by atoms with E-state index in [-0.39, 0.29) is 0 Å². The summed E-state index contributed by atoms with van der Waals surface area (Å²) >= 11 is 0. The number of fused-ring (bicyclic) bond motifs is 1. The van der Waals surface area contributed by atoms with Crippen LogP contribution in [0.25, 0.3) is 10.8 Å². The quantitative estimate of drug-likeness (QED) is 0.837. The van der Waals surface area contributed by atoms with Crippen molar-refractivity contribution in [2.75, 3.05) is 13.1 Å². The second-order valence-electron chi connectivity index (χ2n) is 5.37. The molecule has 2 aromatic rings. The summed E-state index contributed by atoms with van der Waals surface area (Å²) in [7, 11) is 0. The third-order valence-electron chi connectivity index (χ3n) is 4.33. The van der Waals surface area contributed by atoms with E-state index in [9.17, 15) is 0 Å². The van der Waals surface area contributed by atoms with Crippen LogP contribution in [0.3, 0.4) is 0 Å². The van der Waals surface area contributed by atoms with E-state index in [1.807, 2.05) is 0 Å². The van der Waals surface area contributed by atoms with Gasteiger partial charge in [0.25, 0.3) is 0 Å². The van der Waals surface area contributed by atoms with Crippen molar-refractivity contribution in [3.8, 4) is 0 Å². The van der Waals surface area contributed by atoms with Gasteiger partial charge in [0.1, 0.15) is 0 Å². The van der Waals surface area contributed by atoms with E-state index < -0.39 is 0 Å². The van der Waals surface area contributed by atoms with Crippen molar-refractivity contribution in [1.82, 2.24) is 5.32 Å². The molecule has 0 aromatic heterocycles. The molecule has 1 aliphatic heterocycles. The summed E-state index contributed by atoms with van der Waals surface area (Å²) in [6, 6.07) is 15.7. The number of hydrogen-bond donors (Lipinski definition) is 1. The molecule has 0 radical (unpaired) electrons. The van der Waals surface area contributed by atoms with Crippen molar-refractivity contribution >= 4 is 10.8 Å². The van der Waals surface area contributed by atoms with Gasteiger partial charge in [-0.25, -0.2) is 0 Å². The van der Waals surface area contributed by atoms with Gasteiger partial charge in [0.15, 0.2) is 0 Å². The molecule has 1 nitrogen and oxygen atoms in total. The highest BCUT2D eigenvalue weighted by atomic mass is 14.9. The first kappa shape index (κ1) is 11.7. The summed E-state index contributed by atoms with van der Waals surface area (Å²) in [5.41, 5.74) is 1.53. The van der Waals surface area contributed by atoms with Gasteiger partial charge >= 0.3 is 0 Å². The summed E-state index contributed by atoms with van der Waals surface area (Å²) in [5, 5.41) is 6.25. The van der Waals surface area contributed by atoms with E-state index in [0.29, 0.717) is 0 Å². The number of hydrogen-bond acceptors (Lipinski definition) is 1. The maximum atomic E-state index is 3.52. The lowest BCUT2D eigenvalue weighted by atomic mass is 9.79. The van der Waals surface area contributed by atoms with Crippen LogP contribution in [-0.4, -0.2) is 13.1 Å². The molecule has 94 valence electrons. The van der Waals surface area contributed by atoms with Crippen molar-refractivity contribution in [1.29, 1.82) is 0 Å². The Hall–Kier alpha value is -1.34. The van der Waals surface area contributed by atoms with E-state index in [0.717, 1.165) is 18.4 Å². The van der Waals surface area contributed by atoms with Gasteiger partial charge in [-0.1, -0.05) is 55.8 Å². The van der Waals surface area contributed by atoms with Crippen LogP contribution in [0.2, 0.25) is 0 Å². The zero-order valence-corrected chi connectivity index (χ0v) is 11.0. The maximum Gasteiger partial charge on any atom is -0.00148 e. The third-order valence-corrected chi connectivity index (χ3v) is 4.33. The van der Waals surface area contributed by atoms with Crippen LogP contribution in [-0.2, 0) is 0 Å². The monoisotopic (exact) mass is 239 g/mol. The molecule has 0 amide bonds. The zero-order valence-electron chi connectivity index (χ0n) is 11.0. The Morgan fingerprint density at radius 2 is 1.94 bits per heavy atom. The van der Waals surface area contributed by atoms with Crippen LogP contribution in [0.15, 0.2) is 42.5 Å². The molecule has 3 rings (SSSR count). The minimum atomic E-state index is 0.737. The lowest BCUT2D eigenvalue weighted by molar-refractivity contribution is 0.318. The highest BCUT2D eigenvalue weighted by molar-refractivity contribution is 5.83. The Bertz CT molecular complexity index is 532. The lowest BCUT2D eigenvalue weighted by Crippen LogP contribution is -2.35. The number of piperidine rings is 1. The molecule has 0 saturated carbocycles. The molecule has 1 heteroatoms. The molecular formula is C17H21N. The van der Waals surface area contributed by atoms with Crippen LogP contribution in [0.4, 0.5) is 0 Å². The Labute approximate surface area is 109 Å². The summed E-state index contributed by atoms with van der Waals surface area (Å²) in [6.07, 6.45) is 2.54. The smallest absolute Gasteiger partial charge is 0.00148 e. The molecule has 2 atom stereocenters. The SMILES string of the molecule is CCC1CNCCC1c1ccc2ccccc2c1. The summed E-state index contributed by atoms with van der Waals surface area (Å²) in [6.45, 7) is 4.65. The van der Waals surface area contributed by atoms with Crippen LogP contribution < -0.4 is 5.32 Å². The molecule has 1 saturated heterocycles. The van der Waals surface area contributed by atoms with Gasteiger partial charge in [-0.2, -0.15) is 0 Å². The Morgan fingerprint density at radius 3 is 2.78 bits per heavy atom. The average molecular weight is 239 g/mol. The fourth-order valence-electron chi connectivity index (χ4n) is 3.23. The van der Waals surface area contributed by atoms with Gasteiger partial charge in [-0.3, -0.25) is 0 Å². The highest BCUT2D eigenvalue weighted by Crippen LogP contribution is 2.33. The fraction of sp³-hybridized carbons (Fsp3) is 0.412. The molecule has 0 spiro atoms. The molecule has 0 aliphatic carbocycles. The summed E-state index contributed by atoms with van der Waals surface area (Å²) in [5.74, 6) is 1.53. The molecule has 1 aliphatic rings. The van der Waals surface area contributed by atoms with Crippen LogP contribution in [0.1, 0.15) is 31.2 Å². The predicted octanol–water partition coefficient (Wildman–Crippen LogP) is 3.94. The zero-order chi connectivity index (χ0) is 12.4. The summed E-state index contributed by atoms with van der Waals surface area (Å²) in [4.78, 5) is 0. The van der Waals surface area contributed by atoms with Crippen LogP contribution in [0.5, 0.6) is 0 Å². The van der Waals surface area contributed by atoms with Gasteiger partial charge in [-0.15, -0.1) is 0 Å². The minimum Gasteiger partial charge on any atom is -0.316 e. The van der Waals surface area contributed by atoms with Crippen molar-refractivity contribution < 1.29 is 0 Å². The highest BCUT2D eigenvalue weighted by Gasteiger charge is 2.24. The molecule has 0 bridgehead atoms. The Morgan fingerprint density at radius 1 is 1.11 bits per heavy atom. The van der Waals surface area contributed by atoms with Gasteiger partial charge in [0.2, 0.25) is 0 Å². The molecule has 1 fully saturated rings. The Kier molecular flexibility index (Phi) is 3.33. The summed E-state index contributed by atoms with van der Waals surface area (Å²) < 4.78 is 0. The molecule has 1 N–H and O–H groups in total. The number of nitrogens with one attached hydrogen (secondary N) is 1. The molecule has 2 aromatic carbocycles. The first-order chi connectivity index (χ1) is 8.88. The number of benzene rings is 2. The normalized spacial score (nSPS) is 24.3. The topological polar surface area (TPSA) is 12.0 Å². The van der Waals surface area contributed by atoms with Crippen molar-refractivity contribution in [2.45, 2.75) is 25.7 Å². The van der Waals surface area contributed by atoms with Gasteiger partial charge < -0.3 is 5.32 Å². The van der Waals surface area contributed by atoms with Crippen LogP contribution >= 0.6 is 0 Å². The van der Waals surface area contributed by atoms with E-state index in [2.05, 4.69) is 54.7 Å². The van der Waals surface area contributed by atoms with Crippen molar-refractivity contribution in [3.05, 3.63) is 48.0 Å². The molecule has 1 heterocycles. The second-order valence-corrected chi connectivity index (χ2v) is 5.37. The van der Waals surface area contributed by atoms with E-state index in [1.165, 1.54) is 35.7 Å². The second kappa shape index (κ2) is 5.11. The lowest BCUT2D eigenvalue weighted by Gasteiger charge is -2.32. The largest absolute Gasteiger partial charge is 0.316 e. The van der Waals surface area contributed by atoms with Crippen molar-refractivity contribution in [3.63, 3.8) is 0 Å². The predicted molar refractivity (Wildman–Crippen MR) is 78.0 cm³/mol.